The number of nitrogens with one attached hydrogen (secondary N) is 2. The molecule has 1 aliphatic rings. The zero-order valence-corrected chi connectivity index (χ0v) is 11.0. The Kier molecular flexibility index (Phi) is 3.40. The molecule has 1 heterocycles. The summed E-state index contributed by atoms with van der Waals surface area (Å²) < 4.78 is 13.5. The van der Waals surface area contributed by atoms with E-state index in [0.717, 1.165) is 25.7 Å². The minimum Gasteiger partial charge on any atom is -0.349 e. The molecule has 1 aromatic carbocycles. The van der Waals surface area contributed by atoms with E-state index in [2.05, 4.69) is 15.3 Å². The van der Waals surface area contributed by atoms with E-state index < -0.39 is 5.82 Å². The first kappa shape index (κ1) is 13.1. The lowest BCUT2D eigenvalue weighted by Crippen LogP contribution is -2.40. The highest BCUT2D eigenvalue weighted by Crippen LogP contribution is 2.20. The maximum Gasteiger partial charge on any atom is 0.253 e. The number of nitrogens with zero attached hydrogens (tertiary/aromatic N) is 1. The molecule has 1 aromatic heterocycles. The van der Waals surface area contributed by atoms with Crippen molar-refractivity contribution < 1.29 is 9.18 Å². The number of hydrogen-bond donors (Lipinski definition) is 3. The fourth-order valence-corrected chi connectivity index (χ4v) is 2.71. The molecule has 0 spiro atoms. The van der Waals surface area contributed by atoms with E-state index in [0.29, 0.717) is 11.0 Å². The van der Waals surface area contributed by atoms with Crippen molar-refractivity contribution in [2.75, 3.05) is 0 Å². The van der Waals surface area contributed by atoms with E-state index >= 15 is 0 Å². The quantitative estimate of drug-likeness (QED) is 0.780. The number of aromatic nitrogens is 2. The summed E-state index contributed by atoms with van der Waals surface area (Å²) in [5.41, 5.74) is 7.14. The smallest absolute Gasteiger partial charge is 0.253 e. The first-order valence-electron chi connectivity index (χ1n) is 6.82. The largest absolute Gasteiger partial charge is 0.349 e. The number of carbonyl (C=O) groups is 1. The van der Waals surface area contributed by atoms with Crippen molar-refractivity contribution in [2.24, 2.45) is 5.73 Å². The number of aromatic amines is 1. The molecule has 4 N–H and O–H groups in total. The van der Waals surface area contributed by atoms with Crippen LogP contribution in [0.4, 0.5) is 4.39 Å². The Labute approximate surface area is 115 Å². The number of rotatable bonds is 2. The number of H-pyrrole nitrogens is 1. The van der Waals surface area contributed by atoms with E-state index in [1.54, 1.807) is 0 Å². The highest BCUT2D eigenvalue weighted by molar-refractivity contribution is 6.04. The second-order valence-corrected chi connectivity index (χ2v) is 5.34. The highest BCUT2D eigenvalue weighted by Gasteiger charge is 2.22. The van der Waals surface area contributed by atoms with Crippen molar-refractivity contribution in [3.63, 3.8) is 0 Å². The lowest BCUT2D eigenvalue weighted by atomic mass is 9.91. The third-order valence-corrected chi connectivity index (χ3v) is 3.84. The van der Waals surface area contributed by atoms with Gasteiger partial charge in [-0.05, 0) is 37.8 Å². The molecular weight excluding hydrogens is 259 g/mol. The molecule has 1 amide bonds. The maximum absolute atomic E-state index is 13.5. The fourth-order valence-electron chi connectivity index (χ4n) is 2.71. The van der Waals surface area contributed by atoms with E-state index in [4.69, 9.17) is 5.73 Å². The Hall–Kier alpha value is -1.95. The molecule has 3 rings (SSSR count). The molecule has 106 valence electrons. The van der Waals surface area contributed by atoms with Crippen LogP contribution in [0.5, 0.6) is 0 Å². The van der Waals surface area contributed by atoms with Gasteiger partial charge in [-0.1, -0.05) is 0 Å². The molecule has 0 radical (unpaired) electrons. The average Bonchev–Trinajstić information content (AvgIpc) is 2.88. The van der Waals surface area contributed by atoms with E-state index in [-0.39, 0.29) is 23.6 Å². The Morgan fingerprint density at radius 1 is 1.35 bits per heavy atom. The number of fused-ring (bicyclic) bond motifs is 1. The van der Waals surface area contributed by atoms with Crippen LogP contribution in [0.15, 0.2) is 18.5 Å². The van der Waals surface area contributed by atoms with Crippen LogP contribution in [0.3, 0.4) is 0 Å². The molecule has 5 nitrogen and oxygen atoms in total. The predicted molar refractivity (Wildman–Crippen MR) is 73.7 cm³/mol. The van der Waals surface area contributed by atoms with Gasteiger partial charge >= 0.3 is 0 Å². The molecule has 20 heavy (non-hydrogen) atoms. The molecular formula is C14H17FN4O. The van der Waals surface area contributed by atoms with Gasteiger partial charge in [0.1, 0.15) is 11.3 Å². The SMILES string of the molecule is NC1CCC(NC(=O)c2cc(F)cc3[nH]cnc23)CC1. The Balaban J connectivity index is 1.80. The summed E-state index contributed by atoms with van der Waals surface area (Å²) in [7, 11) is 0. The summed E-state index contributed by atoms with van der Waals surface area (Å²) in [6.45, 7) is 0. The van der Waals surface area contributed by atoms with E-state index in [1.165, 1.54) is 18.5 Å². The van der Waals surface area contributed by atoms with Crippen LogP contribution >= 0.6 is 0 Å². The van der Waals surface area contributed by atoms with E-state index in [9.17, 15) is 9.18 Å². The highest BCUT2D eigenvalue weighted by atomic mass is 19.1. The molecule has 0 saturated heterocycles. The lowest BCUT2D eigenvalue weighted by molar-refractivity contribution is 0.0927. The maximum atomic E-state index is 13.5. The number of halogens is 1. The van der Waals surface area contributed by atoms with Crippen molar-refractivity contribution in [2.45, 2.75) is 37.8 Å². The van der Waals surface area contributed by atoms with Gasteiger partial charge in [-0.25, -0.2) is 9.37 Å². The van der Waals surface area contributed by atoms with Crippen molar-refractivity contribution in [1.82, 2.24) is 15.3 Å². The monoisotopic (exact) mass is 276 g/mol. The van der Waals surface area contributed by atoms with Crippen molar-refractivity contribution in [3.8, 4) is 0 Å². The fraction of sp³-hybridized carbons (Fsp3) is 0.429. The van der Waals surface area contributed by atoms with Gasteiger partial charge in [0, 0.05) is 12.1 Å². The first-order valence-corrected chi connectivity index (χ1v) is 6.82. The van der Waals surface area contributed by atoms with Gasteiger partial charge in [-0.3, -0.25) is 4.79 Å². The zero-order valence-electron chi connectivity index (χ0n) is 11.0. The molecule has 1 aliphatic carbocycles. The van der Waals surface area contributed by atoms with Crippen molar-refractivity contribution in [1.29, 1.82) is 0 Å². The predicted octanol–water partition coefficient (Wildman–Crippen LogP) is 1.70. The number of imidazole rings is 1. The standard InChI is InChI=1S/C14H17FN4O/c15-8-5-11(13-12(6-8)17-7-18-13)14(20)19-10-3-1-9(16)2-4-10/h5-7,9-10H,1-4,16H2,(H,17,18)(H,19,20). The van der Waals surface area contributed by atoms with Gasteiger partial charge in [0.05, 0.1) is 17.4 Å². The summed E-state index contributed by atoms with van der Waals surface area (Å²) in [5.74, 6) is -0.723. The second kappa shape index (κ2) is 5.20. The van der Waals surface area contributed by atoms with Crippen LogP contribution in [0.2, 0.25) is 0 Å². The van der Waals surface area contributed by atoms with Gasteiger partial charge < -0.3 is 16.0 Å². The van der Waals surface area contributed by atoms with Gasteiger partial charge in [0.15, 0.2) is 0 Å². The summed E-state index contributed by atoms with van der Waals surface area (Å²) in [5, 5.41) is 2.95. The molecule has 0 atom stereocenters. The first-order chi connectivity index (χ1) is 9.63. The minimum absolute atomic E-state index is 0.111. The zero-order chi connectivity index (χ0) is 14.1. The summed E-state index contributed by atoms with van der Waals surface area (Å²) in [4.78, 5) is 19.2. The molecule has 6 heteroatoms. The Bertz CT molecular complexity index is 631. The van der Waals surface area contributed by atoms with Crippen LogP contribution < -0.4 is 11.1 Å². The topological polar surface area (TPSA) is 83.8 Å². The average molecular weight is 276 g/mol. The van der Waals surface area contributed by atoms with Gasteiger partial charge in [0.25, 0.3) is 5.91 Å². The summed E-state index contributed by atoms with van der Waals surface area (Å²) >= 11 is 0. The van der Waals surface area contributed by atoms with Gasteiger partial charge in [-0.2, -0.15) is 0 Å². The van der Waals surface area contributed by atoms with Gasteiger partial charge in [0.2, 0.25) is 0 Å². The van der Waals surface area contributed by atoms with Crippen LogP contribution in [0.1, 0.15) is 36.0 Å². The lowest BCUT2D eigenvalue weighted by Gasteiger charge is -2.26. The number of benzene rings is 1. The number of carbonyl (C=O) groups excluding carboxylic acids is 1. The van der Waals surface area contributed by atoms with Crippen LogP contribution in [0.25, 0.3) is 11.0 Å². The molecule has 0 unspecified atom stereocenters. The number of nitrogens with two attached hydrogens (primary N) is 1. The van der Waals surface area contributed by atoms with Crippen molar-refractivity contribution in [3.05, 3.63) is 29.8 Å². The Morgan fingerprint density at radius 3 is 2.85 bits per heavy atom. The van der Waals surface area contributed by atoms with Crippen LogP contribution in [-0.4, -0.2) is 28.0 Å². The molecule has 0 bridgehead atoms. The number of hydrogen-bond acceptors (Lipinski definition) is 3. The molecule has 1 saturated carbocycles. The third kappa shape index (κ3) is 2.51. The van der Waals surface area contributed by atoms with Crippen LogP contribution in [-0.2, 0) is 0 Å². The van der Waals surface area contributed by atoms with Gasteiger partial charge in [-0.15, -0.1) is 0 Å². The summed E-state index contributed by atoms with van der Waals surface area (Å²) in [6.07, 6.45) is 5.01. The minimum atomic E-state index is -0.447. The summed E-state index contributed by atoms with van der Waals surface area (Å²) in [6, 6.07) is 2.90. The van der Waals surface area contributed by atoms with Crippen LogP contribution in [0, 0.1) is 5.82 Å². The normalized spacial score (nSPS) is 22.9. The molecule has 2 aromatic rings. The Morgan fingerprint density at radius 2 is 2.10 bits per heavy atom. The van der Waals surface area contributed by atoms with E-state index in [1.807, 2.05) is 0 Å². The molecule has 1 fully saturated rings. The third-order valence-electron chi connectivity index (χ3n) is 3.84. The molecule has 0 aliphatic heterocycles. The number of amides is 1. The second-order valence-electron chi connectivity index (χ2n) is 5.34. The van der Waals surface area contributed by atoms with Crippen molar-refractivity contribution >= 4 is 16.9 Å².